The zero-order valence-corrected chi connectivity index (χ0v) is 8.27. The molecule has 88 valence electrons. The minimum absolute atomic E-state index is 0.0909. The molecular formula is C10H10F3NO2. The van der Waals surface area contributed by atoms with E-state index in [2.05, 4.69) is 5.32 Å². The lowest BCUT2D eigenvalue weighted by molar-refractivity contribution is -0.137. The van der Waals surface area contributed by atoms with Crippen molar-refractivity contribution in [3.63, 3.8) is 0 Å². The standard InChI is InChI=1S/C10H10F3NO2/c11-6-4-7(12)10(13)8(5-6)14-3-1-2-9(15)16/h4-5,14H,1-3H2,(H,15,16). The molecule has 0 aliphatic carbocycles. The number of rotatable bonds is 5. The van der Waals surface area contributed by atoms with Crippen LogP contribution in [0.2, 0.25) is 0 Å². The average Bonchev–Trinajstić information content (AvgIpc) is 2.19. The predicted octanol–water partition coefficient (Wildman–Crippen LogP) is 2.38. The van der Waals surface area contributed by atoms with Crippen molar-refractivity contribution in [1.82, 2.24) is 0 Å². The zero-order chi connectivity index (χ0) is 12.1. The average molecular weight is 233 g/mol. The lowest BCUT2D eigenvalue weighted by Gasteiger charge is -2.07. The molecule has 0 aromatic heterocycles. The highest BCUT2D eigenvalue weighted by Crippen LogP contribution is 2.18. The van der Waals surface area contributed by atoms with Crippen LogP contribution < -0.4 is 5.32 Å². The molecule has 0 aliphatic rings. The van der Waals surface area contributed by atoms with Gasteiger partial charge in [-0.05, 0) is 6.42 Å². The van der Waals surface area contributed by atoms with Crippen molar-refractivity contribution in [3.05, 3.63) is 29.6 Å². The Morgan fingerprint density at radius 3 is 2.62 bits per heavy atom. The fourth-order valence-electron chi connectivity index (χ4n) is 1.15. The Labute approximate surface area is 89.9 Å². The summed E-state index contributed by atoms with van der Waals surface area (Å²) in [7, 11) is 0. The summed E-state index contributed by atoms with van der Waals surface area (Å²) in [5, 5.41) is 10.8. The largest absolute Gasteiger partial charge is 0.481 e. The number of benzene rings is 1. The molecule has 16 heavy (non-hydrogen) atoms. The van der Waals surface area contributed by atoms with Gasteiger partial charge in [0.15, 0.2) is 11.6 Å². The highest BCUT2D eigenvalue weighted by Gasteiger charge is 2.10. The molecule has 0 radical (unpaired) electrons. The van der Waals surface area contributed by atoms with Crippen molar-refractivity contribution in [2.75, 3.05) is 11.9 Å². The molecule has 6 heteroatoms. The molecule has 0 unspecified atom stereocenters. The zero-order valence-electron chi connectivity index (χ0n) is 8.27. The molecule has 2 N–H and O–H groups in total. The van der Waals surface area contributed by atoms with Crippen molar-refractivity contribution < 1.29 is 23.1 Å². The molecule has 0 atom stereocenters. The maximum absolute atomic E-state index is 13.0. The molecular weight excluding hydrogens is 223 g/mol. The first-order valence-electron chi connectivity index (χ1n) is 4.61. The molecule has 1 rings (SSSR count). The van der Waals surface area contributed by atoms with Crippen molar-refractivity contribution in [2.24, 2.45) is 0 Å². The van der Waals surface area contributed by atoms with Crippen LogP contribution in [0.4, 0.5) is 18.9 Å². The lowest BCUT2D eigenvalue weighted by Crippen LogP contribution is -2.07. The van der Waals surface area contributed by atoms with Crippen LogP contribution in [0.5, 0.6) is 0 Å². The second-order valence-electron chi connectivity index (χ2n) is 3.17. The summed E-state index contributed by atoms with van der Waals surface area (Å²) in [5.74, 6) is -4.32. The van der Waals surface area contributed by atoms with Crippen LogP contribution in [-0.4, -0.2) is 17.6 Å². The number of carbonyl (C=O) groups is 1. The van der Waals surface area contributed by atoms with Gasteiger partial charge >= 0.3 is 5.97 Å². The third-order valence-corrected chi connectivity index (χ3v) is 1.88. The van der Waals surface area contributed by atoms with Crippen molar-refractivity contribution >= 4 is 11.7 Å². The Morgan fingerprint density at radius 1 is 1.31 bits per heavy atom. The van der Waals surface area contributed by atoms with Gasteiger partial charge in [0.1, 0.15) is 5.82 Å². The maximum Gasteiger partial charge on any atom is 0.303 e. The Bertz CT molecular complexity index is 396. The van der Waals surface area contributed by atoms with Gasteiger partial charge in [-0.25, -0.2) is 13.2 Å². The number of hydrogen-bond acceptors (Lipinski definition) is 2. The normalized spacial score (nSPS) is 10.2. The molecule has 1 aromatic carbocycles. The van der Waals surface area contributed by atoms with E-state index in [-0.39, 0.29) is 25.1 Å². The van der Waals surface area contributed by atoms with Gasteiger partial charge in [-0.15, -0.1) is 0 Å². The van der Waals surface area contributed by atoms with E-state index in [0.717, 1.165) is 6.07 Å². The molecule has 0 aliphatic heterocycles. The van der Waals surface area contributed by atoms with E-state index in [4.69, 9.17) is 5.11 Å². The number of anilines is 1. The number of halogens is 3. The van der Waals surface area contributed by atoms with Gasteiger partial charge < -0.3 is 10.4 Å². The molecule has 0 fully saturated rings. The van der Waals surface area contributed by atoms with Crippen LogP contribution in [0, 0.1) is 17.5 Å². The predicted molar refractivity (Wildman–Crippen MR) is 51.7 cm³/mol. The lowest BCUT2D eigenvalue weighted by atomic mass is 10.2. The number of aliphatic carboxylic acids is 1. The van der Waals surface area contributed by atoms with E-state index in [0.29, 0.717) is 6.07 Å². The van der Waals surface area contributed by atoms with Crippen LogP contribution in [-0.2, 0) is 4.79 Å². The quantitative estimate of drug-likeness (QED) is 0.606. The third-order valence-electron chi connectivity index (χ3n) is 1.88. The molecule has 0 amide bonds. The van der Waals surface area contributed by atoms with Crippen LogP contribution in [0.25, 0.3) is 0 Å². The molecule has 1 aromatic rings. The van der Waals surface area contributed by atoms with Crippen LogP contribution in [0.3, 0.4) is 0 Å². The van der Waals surface area contributed by atoms with Crippen molar-refractivity contribution in [1.29, 1.82) is 0 Å². The van der Waals surface area contributed by atoms with E-state index >= 15 is 0 Å². The molecule has 0 saturated heterocycles. The van der Waals surface area contributed by atoms with Gasteiger partial charge in [-0.2, -0.15) is 0 Å². The van der Waals surface area contributed by atoms with Gasteiger partial charge in [0.05, 0.1) is 5.69 Å². The van der Waals surface area contributed by atoms with Gasteiger partial charge in [0.2, 0.25) is 0 Å². The van der Waals surface area contributed by atoms with Gasteiger partial charge in [0, 0.05) is 25.1 Å². The van der Waals surface area contributed by atoms with E-state index in [1.807, 2.05) is 0 Å². The molecule has 0 bridgehead atoms. The Balaban J connectivity index is 2.57. The van der Waals surface area contributed by atoms with Gasteiger partial charge in [-0.3, -0.25) is 4.79 Å². The van der Waals surface area contributed by atoms with E-state index in [9.17, 15) is 18.0 Å². The SMILES string of the molecule is O=C(O)CCCNc1cc(F)cc(F)c1F. The summed E-state index contributed by atoms with van der Waals surface area (Å²) < 4.78 is 38.5. The third kappa shape index (κ3) is 3.45. The highest BCUT2D eigenvalue weighted by molar-refractivity contribution is 5.66. The number of carboxylic acids is 1. The molecule has 3 nitrogen and oxygen atoms in total. The van der Waals surface area contributed by atoms with Gasteiger partial charge in [-0.1, -0.05) is 0 Å². The van der Waals surface area contributed by atoms with Gasteiger partial charge in [0.25, 0.3) is 0 Å². The minimum atomic E-state index is -1.28. The van der Waals surface area contributed by atoms with Crippen LogP contribution >= 0.6 is 0 Å². The van der Waals surface area contributed by atoms with Crippen LogP contribution in [0.1, 0.15) is 12.8 Å². The Hall–Kier alpha value is -1.72. The monoisotopic (exact) mass is 233 g/mol. The summed E-state index contributed by atoms with van der Waals surface area (Å²) in [4.78, 5) is 10.2. The molecule has 0 saturated carbocycles. The number of hydrogen-bond donors (Lipinski definition) is 2. The second-order valence-corrected chi connectivity index (χ2v) is 3.17. The van der Waals surface area contributed by atoms with E-state index in [1.54, 1.807) is 0 Å². The summed E-state index contributed by atoms with van der Waals surface area (Å²) in [5.41, 5.74) is -0.303. The Kier molecular flexibility index (Phi) is 4.16. The summed E-state index contributed by atoms with van der Waals surface area (Å²) in [6, 6.07) is 1.26. The molecule has 0 heterocycles. The fraction of sp³-hybridized carbons (Fsp3) is 0.300. The number of carboxylic acid groups (broad SMARTS) is 1. The fourth-order valence-corrected chi connectivity index (χ4v) is 1.15. The smallest absolute Gasteiger partial charge is 0.303 e. The summed E-state index contributed by atoms with van der Waals surface area (Å²) in [6.45, 7) is 0.131. The second kappa shape index (κ2) is 5.39. The maximum atomic E-state index is 13.0. The Morgan fingerprint density at radius 2 is 2.00 bits per heavy atom. The van der Waals surface area contributed by atoms with E-state index < -0.39 is 23.4 Å². The first-order chi connectivity index (χ1) is 7.50. The van der Waals surface area contributed by atoms with Crippen LogP contribution in [0.15, 0.2) is 12.1 Å². The summed E-state index contributed by atoms with van der Waals surface area (Å²) in [6.07, 6.45) is 0.152. The summed E-state index contributed by atoms with van der Waals surface area (Å²) >= 11 is 0. The van der Waals surface area contributed by atoms with Crippen molar-refractivity contribution in [3.8, 4) is 0 Å². The minimum Gasteiger partial charge on any atom is -0.481 e. The van der Waals surface area contributed by atoms with Crippen molar-refractivity contribution in [2.45, 2.75) is 12.8 Å². The molecule has 0 spiro atoms. The first-order valence-corrected chi connectivity index (χ1v) is 4.61. The van der Waals surface area contributed by atoms with E-state index in [1.165, 1.54) is 0 Å². The topological polar surface area (TPSA) is 49.3 Å². The highest BCUT2D eigenvalue weighted by atomic mass is 19.2. The first kappa shape index (κ1) is 12.4. The number of nitrogens with one attached hydrogen (secondary N) is 1.